The van der Waals surface area contributed by atoms with Crippen molar-refractivity contribution in [2.75, 3.05) is 12.4 Å². The number of anilines is 1. The van der Waals surface area contributed by atoms with Gasteiger partial charge in [0.2, 0.25) is 5.88 Å². The molecule has 2 N–H and O–H groups in total. The van der Waals surface area contributed by atoms with Gasteiger partial charge >= 0.3 is 0 Å². The molecule has 0 saturated carbocycles. The molecule has 20 heavy (non-hydrogen) atoms. The molecular weight excluding hydrogens is 252 g/mol. The minimum Gasteiger partial charge on any atom is -0.480 e. The van der Waals surface area contributed by atoms with Crippen LogP contribution >= 0.6 is 0 Å². The van der Waals surface area contributed by atoms with Crippen LogP contribution in [-0.4, -0.2) is 17.9 Å². The van der Waals surface area contributed by atoms with Crippen LogP contribution < -0.4 is 10.1 Å². The van der Waals surface area contributed by atoms with Gasteiger partial charge in [-0.15, -0.1) is 0 Å². The Morgan fingerprint density at radius 3 is 2.90 bits per heavy atom. The summed E-state index contributed by atoms with van der Waals surface area (Å²) in [7, 11) is 1.51. The molecular formula is C15H14N4O. The first-order valence-corrected chi connectivity index (χ1v) is 6.01. The van der Waals surface area contributed by atoms with Gasteiger partial charge in [0.25, 0.3) is 0 Å². The van der Waals surface area contributed by atoms with Crippen LogP contribution in [0.3, 0.4) is 0 Å². The zero-order chi connectivity index (χ0) is 14.5. The van der Waals surface area contributed by atoms with Gasteiger partial charge in [-0.25, -0.2) is 4.98 Å². The van der Waals surface area contributed by atoms with E-state index in [0.29, 0.717) is 22.7 Å². The van der Waals surface area contributed by atoms with Crippen molar-refractivity contribution in [3.63, 3.8) is 0 Å². The smallest absolute Gasteiger partial charge is 0.224 e. The molecule has 0 fully saturated rings. The molecule has 1 heterocycles. The molecule has 1 aromatic carbocycles. The highest BCUT2D eigenvalue weighted by atomic mass is 16.5. The molecule has 0 aliphatic heterocycles. The quantitative estimate of drug-likeness (QED) is 0.661. The van der Waals surface area contributed by atoms with E-state index in [4.69, 9.17) is 15.4 Å². The van der Waals surface area contributed by atoms with Crippen LogP contribution in [0.5, 0.6) is 5.88 Å². The fourth-order valence-corrected chi connectivity index (χ4v) is 1.78. The summed E-state index contributed by atoms with van der Waals surface area (Å²) in [5.41, 5.74) is 2.74. The molecule has 5 nitrogen and oxygen atoms in total. The van der Waals surface area contributed by atoms with Gasteiger partial charge in [0.05, 0.1) is 24.3 Å². The maximum absolute atomic E-state index is 9.01. The number of pyridine rings is 1. The monoisotopic (exact) mass is 266 g/mol. The van der Waals surface area contributed by atoms with Gasteiger partial charge in [-0.05, 0) is 36.8 Å². The number of hydrogen-bond donors (Lipinski definition) is 2. The number of rotatable bonds is 3. The SMILES string of the molecule is COc1ncccc1C(=N)Nc1ccc(C)c(C#N)c1. The van der Waals surface area contributed by atoms with E-state index in [1.54, 1.807) is 24.4 Å². The Balaban J connectivity index is 2.26. The summed E-state index contributed by atoms with van der Waals surface area (Å²) in [5, 5.41) is 20.0. The van der Waals surface area contributed by atoms with Crippen molar-refractivity contribution in [3.05, 3.63) is 53.2 Å². The number of ether oxygens (including phenoxy) is 1. The van der Waals surface area contributed by atoms with Crippen molar-refractivity contribution in [1.82, 2.24) is 4.98 Å². The minimum atomic E-state index is 0.169. The number of methoxy groups -OCH3 is 1. The highest BCUT2D eigenvalue weighted by molar-refractivity contribution is 6.07. The van der Waals surface area contributed by atoms with E-state index in [1.165, 1.54) is 7.11 Å². The van der Waals surface area contributed by atoms with Crippen LogP contribution in [0, 0.1) is 23.7 Å². The van der Waals surface area contributed by atoms with E-state index in [9.17, 15) is 0 Å². The molecule has 5 heteroatoms. The molecule has 100 valence electrons. The Morgan fingerprint density at radius 2 is 2.20 bits per heavy atom. The molecule has 0 radical (unpaired) electrons. The maximum Gasteiger partial charge on any atom is 0.224 e. The molecule has 1 aromatic heterocycles. The van der Waals surface area contributed by atoms with Crippen LogP contribution in [-0.2, 0) is 0 Å². The molecule has 0 amide bonds. The fraction of sp³-hybridized carbons (Fsp3) is 0.133. The third-order valence-corrected chi connectivity index (χ3v) is 2.86. The highest BCUT2D eigenvalue weighted by Crippen LogP contribution is 2.18. The Hall–Kier alpha value is -2.87. The van der Waals surface area contributed by atoms with Crippen molar-refractivity contribution >= 4 is 11.5 Å². The van der Waals surface area contributed by atoms with E-state index in [0.717, 1.165) is 5.56 Å². The van der Waals surface area contributed by atoms with Crippen molar-refractivity contribution in [3.8, 4) is 11.9 Å². The fourth-order valence-electron chi connectivity index (χ4n) is 1.78. The Kier molecular flexibility index (Phi) is 3.96. The Morgan fingerprint density at radius 1 is 1.40 bits per heavy atom. The lowest BCUT2D eigenvalue weighted by Crippen LogP contribution is -2.14. The summed E-state index contributed by atoms with van der Waals surface area (Å²) in [4.78, 5) is 4.05. The molecule has 0 atom stereocenters. The van der Waals surface area contributed by atoms with Gasteiger partial charge in [-0.3, -0.25) is 5.41 Å². The van der Waals surface area contributed by atoms with Gasteiger partial charge in [0, 0.05) is 11.9 Å². The van der Waals surface area contributed by atoms with Crippen LogP contribution in [0.2, 0.25) is 0 Å². The van der Waals surface area contributed by atoms with Crippen molar-refractivity contribution in [1.29, 1.82) is 10.7 Å². The molecule has 0 aliphatic carbocycles. The number of amidine groups is 1. The van der Waals surface area contributed by atoms with Gasteiger partial charge in [-0.1, -0.05) is 6.07 Å². The Bertz CT molecular complexity index is 689. The topological polar surface area (TPSA) is 81.8 Å². The van der Waals surface area contributed by atoms with Crippen LogP contribution in [0.15, 0.2) is 36.5 Å². The lowest BCUT2D eigenvalue weighted by atomic mass is 10.1. The molecule has 2 rings (SSSR count). The third kappa shape index (κ3) is 2.75. The summed E-state index contributed by atoms with van der Waals surface area (Å²) < 4.78 is 5.12. The van der Waals surface area contributed by atoms with E-state index < -0.39 is 0 Å². The van der Waals surface area contributed by atoms with Crippen molar-refractivity contribution in [2.24, 2.45) is 0 Å². The predicted molar refractivity (Wildman–Crippen MR) is 77.1 cm³/mol. The first kappa shape index (κ1) is 13.6. The molecule has 2 aromatic rings. The van der Waals surface area contributed by atoms with Crippen molar-refractivity contribution in [2.45, 2.75) is 6.92 Å². The first-order chi connectivity index (χ1) is 9.65. The second-order valence-electron chi connectivity index (χ2n) is 4.20. The standard InChI is InChI=1S/C15H14N4O/c1-10-5-6-12(8-11(10)9-16)19-14(17)13-4-3-7-18-15(13)20-2/h3-8H,1-2H3,(H2,17,19). The second kappa shape index (κ2) is 5.85. The van der Waals surface area contributed by atoms with Gasteiger partial charge in [-0.2, -0.15) is 5.26 Å². The Labute approximate surface area is 117 Å². The number of nitrogens with one attached hydrogen (secondary N) is 2. The lowest BCUT2D eigenvalue weighted by Gasteiger charge is -2.11. The van der Waals surface area contributed by atoms with Gasteiger partial charge in [0.1, 0.15) is 5.84 Å². The number of benzene rings is 1. The zero-order valence-electron chi connectivity index (χ0n) is 11.3. The third-order valence-electron chi connectivity index (χ3n) is 2.86. The van der Waals surface area contributed by atoms with Gasteiger partial charge in [0.15, 0.2) is 0 Å². The normalized spacial score (nSPS) is 9.65. The van der Waals surface area contributed by atoms with Crippen LogP contribution in [0.4, 0.5) is 5.69 Å². The minimum absolute atomic E-state index is 0.169. The van der Waals surface area contributed by atoms with Crippen LogP contribution in [0.25, 0.3) is 0 Å². The van der Waals surface area contributed by atoms with E-state index >= 15 is 0 Å². The summed E-state index contributed by atoms with van der Waals surface area (Å²) in [6, 6.07) is 11.0. The highest BCUT2D eigenvalue weighted by Gasteiger charge is 2.10. The lowest BCUT2D eigenvalue weighted by molar-refractivity contribution is 0.397. The maximum atomic E-state index is 9.01. The second-order valence-corrected chi connectivity index (χ2v) is 4.20. The molecule has 0 saturated heterocycles. The molecule has 0 spiro atoms. The number of nitriles is 1. The largest absolute Gasteiger partial charge is 0.480 e. The average molecular weight is 266 g/mol. The van der Waals surface area contributed by atoms with Gasteiger partial charge < -0.3 is 10.1 Å². The average Bonchev–Trinajstić information content (AvgIpc) is 2.49. The molecule has 0 aliphatic rings. The van der Waals surface area contributed by atoms with Crippen LogP contribution in [0.1, 0.15) is 16.7 Å². The number of aryl methyl sites for hydroxylation is 1. The number of hydrogen-bond acceptors (Lipinski definition) is 4. The van der Waals surface area contributed by atoms with E-state index in [1.807, 2.05) is 19.1 Å². The summed E-state index contributed by atoms with van der Waals surface area (Å²) >= 11 is 0. The molecule has 0 unspecified atom stereocenters. The summed E-state index contributed by atoms with van der Waals surface area (Å²) in [6.45, 7) is 1.87. The summed E-state index contributed by atoms with van der Waals surface area (Å²) in [5.74, 6) is 0.556. The van der Waals surface area contributed by atoms with E-state index in [-0.39, 0.29) is 5.84 Å². The molecule has 0 bridgehead atoms. The zero-order valence-corrected chi connectivity index (χ0v) is 11.3. The number of aromatic nitrogens is 1. The van der Waals surface area contributed by atoms with Crippen molar-refractivity contribution < 1.29 is 4.74 Å². The first-order valence-electron chi connectivity index (χ1n) is 6.01. The number of nitrogens with zero attached hydrogens (tertiary/aromatic N) is 2. The summed E-state index contributed by atoms with van der Waals surface area (Å²) in [6.07, 6.45) is 1.61. The predicted octanol–water partition coefficient (Wildman–Crippen LogP) is 2.71. The van der Waals surface area contributed by atoms with E-state index in [2.05, 4.69) is 16.4 Å².